The number of hydrogen-bond acceptors (Lipinski definition) is 4. The van der Waals surface area contributed by atoms with Crippen LogP contribution in [0.15, 0.2) is 41.7 Å². The molecule has 1 heterocycles. The van der Waals surface area contributed by atoms with E-state index in [-0.39, 0.29) is 5.91 Å². The highest BCUT2D eigenvalue weighted by Crippen LogP contribution is 2.13. The SMILES string of the molecule is CC(=NO)c1cccc(NC(=O)c2ccnn2C)c1. The van der Waals surface area contributed by atoms with Crippen molar-refractivity contribution < 1.29 is 10.0 Å². The number of carbonyl (C=O) groups is 1. The molecule has 0 aliphatic heterocycles. The minimum atomic E-state index is -0.240. The lowest BCUT2D eigenvalue weighted by atomic mass is 10.1. The van der Waals surface area contributed by atoms with Gasteiger partial charge in [-0.2, -0.15) is 5.10 Å². The molecular weight excluding hydrogens is 244 g/mol. The van der Waals surface area contributed by atoms with E-state index in [0.29, 0.717) is 17.1 Å². The zero-order valence-corrected chi connectivity index (χ0v) is 10.7. The van der Waals surface area contributed by atoms with Crippen LogP contribution in [0.4, 0.5) is 5.69 Å². The summed E-state index contributed by atoms with van der Waals surface area (Å²) in [5, 5.41) is 18.6. The Balaban J connectivity index is 2.20. The van der Waals surface area contributed by atoms with Crippen molar-refractivity contribution >= 4 is 17.3 Å². The highest BCUT2D eigenvalue weighted by molar-refractivity contribution is 6.04. The average molecular weight is 258 g/mol. The number of nitrogens with one attached hydrogen (secondary N) is 1. The smallest absolute Gasteiger partial charge is 0.273 e. The molecule has 19 heavy (non-hydrogen) atoms. The van der Waals surface area contributed by atoms with Gasteiger partial charge in [-0.1, -0.05) is 17.3 Å². The predicted octanol–water partition coefficient (Wildman–Crippen LogP) is 1.87. The van der Waals surface area contributed by atoms with Gasteiger partial charge in [-0.05, 0) is 25.1 Å². The Kier molecular flexibility index (Phi) is 3.61. The number of nitrogens with zero attached hydrogens (tertiary/aromatic N) is 3. The number of aromatic nitrogens is 2. The van der Waals surface area contributed by atoms with Crippen molar-refractivity contribution in [3.05, 3.63) is 47.8 Å². The molecule has 6 nitrogen and oxygen atoms in total. The normalized spacial score (nSPS) is 11.4. The predicted molar refractivity (Wildman–Crippen MR) is 71.6 cm³/mol. The summed E-state index contributed by atoms with van der Waals surface area (Å²) in [6.07, 6.45) is 1.56. The van der Waals surface area contributed by atoms with Crippen LogP contribution in [0.3, 0.4) is 0 Å². The molecule has 0 radical (unpaired) electrons. The number of benzene rings is 1. The van der Waals surface area contributed by atoms with Crippen LogP contribution >= 0.6 is 0 Å². The first-order chi connectivity index (χ1) is 9.11. The van der Waals surface area contributed by atoms with Gasteiger partial charge in [0.15, 0.2) is 0 Å². The van der Waals surface area contributed by atoms with Gasteiger partial charge in [-0.3, -0.25) is 9.48 Å². The van der Waals surface area contributed by atoms with E-state index in [1.807, 2.05) is 0 Å². The summed E-state index contributed by atoms with van der Waals surface area (Å²) in [7, 11) is 1.70. The molecule has 2 rings (SSSR count). The lowest BCUT2D eigenvalue weighted by Crippen LogP contribution is -2.16. The topological polar surface area (TPSA) is 79.5 Å². The molecule has 2 aromatic rings. The summed E-state index contributed by atoms with van der Waals surface area (Å²) < 4.78 is 1.50. The standard InChI is InChI=1S/C13H14N4O2/c1-9(16-19)10-4-3-5-11(8-10)15-13(18)12-6-7-14-17(12)2/h3-8,19H,1-2H3,(H,15,18). The van der Waals surface area contributed by atoms with Crippen LogP contribution in [0, 0.1) is 0 Å². The van der Waals surface area contributed by atoms with Gasteiger partial charge in [-0.15, -0.1) is 0 Å². The van der Waals surface area contributed by atoms with E-state index in [1.54, 1.807) is 50.5 Å². The minimum Gasteiger partial charge on any atom is -0.411 e. The maximum absolute atomic E-state index is 12.0. The molecule has 98 valence electrons. The van der Waals surface area contributed by atoms with Crippen LogP contribution in [-0.4, -0.2) is 26.6 Å². The van der Waals surface area contributed by atoms with Gasteiger partial charge in [0, 0.05) is 24.5 Å². The van der Waals surface area contributed by atoms with Crippen molar-refractivity contribution in [3.8, 4) is 0 Å². The molecule has 0 fully saturated rings. The van der Waals surface area contributed by atoms with Crippen molar-refractivity contribution in [1.29, 1.82) is 0 Å². The number of aryl methyl sites for hydroxylation is 1. The monoisotopic (exact) mass is 258 g/mol. The first-order valence-electron chi connectivity index (χ1n) is 5.70. The number of rotatable bonds is 3. The molecule has 1 aromatic carbocycles. The van der Waals surface area contributed by atoms with Gasteiger partial charge in [-0.25, -0.2) is 0 Å². The number of amides is 1. The molecule has 0 saturated heterocycles. The molecule has 0 aliphatic rings. The first-order valence-corrected chi connectivity index (χ1v) is 5.70. The van der Waals surface area contributed by atoms with E-state index in [9.17, 15) is 4.79 Å². The number of oxime groups is 1. The molecule has 0 unspecified atom stereocenters. The average Bonchev–Trinajstić information content (AvgIpc) is 2.84. The van der Waals surface area contributed by atoms with E-state index in [0.717, 1.165) is 5.56 Å². The molecule has 0 aliphatic carbocycles. The van der Waals surface area contributed by atoms with Crippen molar-refractivity contribution in [2.45, 2.75) is 6.92 Å². The van der Waals surface area contributed by atoms with Gasteiger partial charge < -0.3 is 10.5 Å². The van der Waals surface area contributed by atoms with Gasteiger partial charge in [0.05, 0.1) is 5.71 Å². The first kappa shape index (κ1) is 12.8. The highest BCUT2D eigenvalue weighted by Gasteiger charge is 2.10. The summed E-state index contributed by atoms with van der Waals surface area (Å²) in [4.78, 5) is 12.0. The van der Waals surface area contributed by atoms with Gasteiger partial charge in [0.1, 0.15) is 5.69 Å². The fourth-order valence-corrected chi connectivity index (χ4v) is 1.67. The summed E-state index contributed by atoms with van der Waals surface area (Å²) >= 11 is 0. The Morgan fingerprint density at radius 3 is 2.84 bits per heavy atom. The second-order valence-electron chi connectivity index (χ2n) is 4.06. The Labute approximate surface area is 110 Å². The van der Waals surface area contributed by atoms with Crippen LogP contribution in [-0.2, 0) is 7.05 Å². The zero-order chi connectivity index (χ0) is 13.8. The molecule has 0 atom stereocenters. The maximum atomic E-state index is 12.0. The van der Waals surface area contributed by atoms with Crippen molar-refractivity contribution in [2.24, 2.45) is 12.2 Å². The van der Waals surface area contributed by atoms with Crippen LogP contribution < -0.4 is 5.32 Å². The number of anilines is 1. The van der Waals surface area contributed by atoms with Gasteiger partial charge in [0.2, 0.25) is 0 Å². The Morgan fingerprint density at radius 1 is 1.42 bits per heavy atom. The largest absolute Gasteiger partial charge is 0.411 e. The quantitative estimate of drug-likeness (QED) is 0.501. The van der Waals surface area contributed by atoms with E-state index in [1.165, 1.54) is 4.68 Å². The van der Waals surface area contributed by atoms with E-state index in [4.69, 9.17) is 5.21 Å². The lowest BCUT2D eigenvalue weighted by molar-refractivity contribution is 0.101. The molecule has 1 amide bonds. The van der Waals surface area contributed by atoms with Crippen molar-refractivity contribution in [2.75, 3.05) is 5.32 Å². The molecule has 6 heteroatoms. The van der Waals surface area contributed by atoms with Crippen LogP contribution in [0.25, 0.3) is 0 Å². The summed E-state index contributed by atoms with van der Waals surface area (Å²) in [5.74, 6) is -0.240. The minimum absolute atomic E-state index is 0.240. The Bertz CT molecular complexity index is 631. The maximum Gasteiger partial charge on any atom is 0.273 e. The third-order valence-corrected chi connectivity index (χ3v) is 2.74. The fraction of sp³-hybridized carbons (Fsp3) is 0.154. The van der Waals surface area contributed by atoms with E-state index in [2.05, 4.69) is 15.6 Å². The lowest BCUT2D eigenvalue weighted by Gasteiger charge is -2.07. The molecule has 2 N–H and O–H groups in total. The van der Waals surface area contributed by atoms with Crippen LogP contribution in [0.1, 0.15) is 23.0 Å². The van der Waals surface area contributed by atoms with E-state index >= 15 is 0 Å². The zero-order valence-electron chi connectivity index (χ0n) is 10.7. The number of carbonyl (C=O) groups excluding carboxylic acids is 1. The summed E-state index contributed by atoms with van der Waals surface area (Å²) in [6.45, 7) is 1.68. The second kappa shape index (κ2) is 5.34. The summed E-state index contributed by atoms with van der Waals surface area (Å²) in [5.41, 5.74) is 2.33. The van der Waals surface area contributed by atoms with Crippen molar-refractivity contribution in [1.82, 2.24) is 9.78 Å². The third-order valence-electron chi connectivity index (χ3n) is 2.74. The molecular formula is C13H14N4O2. The fourth-order valence-electron chi connectivity index (χ4n) is 1.67. The molecule has 0 saturated carbocycles. The van der Waals surface area contributed by atoms with E-state index < -0.39 is 0 Å². The Morgan fingerprint density at radius 2 is 2.21 bits per heavy atom. The van der Waals surface area contributed by atoms with Gasteiger partial charge >= 0.3 is 0 Å². The highest BCUT2D eigenvalue weighted by atomic mass is 16.4. The molecule has 0 spiro atoms. The molecule has 0 bridgehead atoms. The third kappa shape index (κ3) is 2.79. The number of hydrogen-bond donors (Lipinski definition) is 2. The van der Waals surface area contributed by atoms with Crippen LogP contribution in [0.5, 0.6) is 0 Å². The molecule has 1 aromatic heterocycles. The van der Waals surface area contributed by atoms with Gasteiger partial charge in [0.25, 0.3) is 5.91 Å². The second-order valence-corrected chi connectivity index (χ2v) is 4.06. The van der Waals surface area contributed by atoms with Crippen LogP contribution in [0.2, 0.25) is 0 Å². The summed E-state index contributed by atoms with van der Waals surface area (Å²) in [6, 6.07) is 8.73. The Hall–Kier alpha value is -2.63. The van der Waals surface area contributed by atoms with Crippen molar-refractivity contribution in [3.63, 3.8) is 0 Å².